The van der Waals surface area contributed by atoms with Crippen molar-refractivity contribution in [1.82, 2.24) is 4.98 Å². The van der Waals surface area contributed by atoms with Crippen molar-refractivity contribution >= 4 is 12.6 Å². The van der Waals surface area contributed by atoms with Crippen LogP contribution in [0.2, 0.25) is 0 Å². The van der Waals surface area contributed by atoms with Crippen LogP contribution in [0, 0.1) is 5.95 Å². The molecular weight excluding hydrogens is 164 g/mol. The Morgan fingerprint density at radius 3 is 2.45 bits per heavy atom. The minimum absolute atomic E-state index is 0.345. The van der Waals surface area contributed by atoms with Gasteiger partial charge in [-0.15, -0.1) is 0 Å². The van der Waals surface area contributed by atoms with E-state index in [2.05, 4.69) is 4.98 Å². The van der Waals surface area contributed by atoms with Gasteiger partial charge in [0.2, 0.25) is 5.95 Å². The lowest BCUT2D eigenvalue weighted by molar-refractivity contribution is 0.577. The van der Waals surface area contributed by atoms with Gasteiger partial charge in [-0.3, -0.25) is 0 Å². The van der Waals surface area contributed by atoms with Crippen molar-refractivity contribution in [2.75, 3.05) is 13.3 Å². The minimum atomic E-state index is -2.40. The summed E-state index contributed by atoms with van der Waals surface area (Å²) in [6.45, 7) is 3.13. The van der Waals surface area contributed by atoms with Crippen LogP contribution >= 0.6 is 7.14 Å². The smallest absolute Gasteiger partial charge is 0.213 e. The Balaban J connectivity index is 3.17. The fourth-order valence-corrected chi connectivity index (χ4v) is 1.48. The molecule has 60 valence electrons. The summed E-state index contributed by atoms with van der Waals surface area (Å²) in [6, 6.07) is 4.32. The van der Waals surface area contributed by atoms with Crippen LogP contribution in [0.25, 0.3) is 0 Å². The van der Waals surface area contributed by atoms with Crippen molar-refractivity contribution in [3.63, 3.8) is 0 Å². The number of halogens is 1. The van der Waals surface area contributed by atoms with Crippen molar-refractivity contribution < 1.29 is 8.96 Å². The molecule has 1 rings (SSSR count). The average molecular weight is 173 g/mol. The van der Waals surface area contributed by atoms with Crippen LogP contribution in [0.1, 0.15) is 0 Å². The van der Waals surface area contributed by atoms with Gasteiger partial charge in [0, 0.05) is 0 Å². The molecule has 1 aromatic rings. The van der Waals surface area contributed by atoms with E-state index in [0.29, 0.717) is 5.44 Å². The molecule has 0 fully saturated rings. The van der Waals surface area contributed by atoms with Crippen molar-refractivity contribution in [2.24, 2.45) is 0 Å². The van der Waals surface area contributed by atoms with E-state index >= 15 is 0 Å². The van der Waals surface area contributed by atoms with Gasteiger partial charge in [0.15, 0.2) is 0 Å². The van der Waals surface area contributed by atoms with Crippen molar-refractivity contribution in [3.05, 3.63) is 24.1 Å². The highest BCUT2D eigenvalue weighted by Crippen LogP contribution is 2.32. The number of aromatic nitrogens is 1. The quantitative estimate of drug-likeness (QED) is 0.475. The SMILES string of the molecule is CP(C)(=O)c1cccc(F)n1. The first kappa shape index (κ1) is 8.41. The molecule has 0 atom stereocenters. The van der Waals surface area contributed by atoms with Gasteiger partial charge in [-0.25, -0.2) is 4.98 Å². The lowest BCUT2D eigenvalue weighted by Gasteiger charge is -2.03. The number of nitrogens with zero attached hydrogens (tertiary/aromatic N) is 1. The molecule has 4 heteroatoms. The summed E-state index contributed by atoms with van der Waals surface area (Å²) >= 11 is 0. The average Bonchev–Trinajstić information content (AvgIpc) is 1.86. The Bertz CT molecular complexity index is 307. The maximum absolute atomic E-state index is 12.5. The summed E-state index contributed by atoms with van der Waals surface area (Å²) in [5.74, 6) is -0.577. The van der Waals surface area contributed by atoms with Crippen molar-refractivity contribution in [3.8, 4) is 0 Å². The Hall–Kier alpha value is -0.690. The summed E-state index contributed by atoms with van der Waals surface area (Å²) in [4.78, 5) is 3.51. The van der Waals surface area contributed by atoms with Crippen LogP contribution in [0.5, 0.6) is 0 Å². The summed E-state index contributed by atoms with van der Waals surface area (Å²) in [7, 11) is -2.40. The van der Waals surface area contributed by atoms with E-state index in [1.54, 1.807) is 19.4 Å². The molecule has 1 heterocycles. The summed E-state index contributed by atoms with van der Waals surface area (Å²) in [6.07, 6.45) is 0. The third kappa shape index (κ3) is 2.12. The highest BCUT2D eigenvalue weighted by molar-refractivity contribution is 7.69. The summed E-state index contributed by atoms with van der Waals surface area (Å²) in [5, 5.41) is 0. The van der Waals surface area contributed by atoms with Gasteiger partial charge in [0.25, 0.3) is 0 Å². The lowest BCUT2D eigenvalue weighted by Crippen LogP contribution is -2.08. The first-order chi connectivity index (χ1) is 5.00. The second-order valence-corrected chi connectivity index (χ2v) is 5.83. The molecule has 0 aliphatic carbocycles. The second-order valence-electron chi connectivity index (χ2n) is 2.67. The maximum Gasteiger partial charge on any atom is 0.213 e. The Morgan fingerprint density at radius 2 is 2.09 bits per heavy atom. The Morgan fingerprint density at radius 1 is 1.45 bits per heavy atom. The number of rotatable bonds is 1. The zero-order valence-electron chi connectivity index (χ0n) is 6.41. The molecule has 0 aromatic carbocycles. The fourth-order valence-electron chi connectivity index (χ4n) is 0.697. The Labute approximate surface area is 64.8 Å². The molecular formula is C7H9FNOP. The van der Waals surface area contributed by atoms with Gasteiger partial charge in [-0.05, 0) is 25.5 Å². The molecule has 0 aliphatic rings. The first-order valence-corrected chi connectivity index (χ1v) is 5.78. The van der Waals surface area contributed by atoms with E-state index in [1.165, 1.54) is 12.1 Å². The number of hydrogen-bond acceptors (Lipinski definition) is 2. The largest absolute Gasteiger partial charge is 0.318 e. The number of hydrogen-bond donors (Lipinski definition) is 0. The lowest BCUT2D eigenvalue weighted by atomic mass is 10.5. The van der Waals surface area contributed by atoms with Crippen molar-refractivity contribution in [1.29, 1.82) is 0 Å². The molecule has 0 bridgehead atoms. The molecule has 1 aromatic heterocycles. The normalized spacial score (nSPS) is 11.5. The standard InChI is InChI=1S/C7H9FNOP/c1-11(2,10)7-5-3-4-6(8)9-7/h3-5H,1-2H3. The molecule has 0 saturated heterocycles. The molecule has 0 spiro atoms. The van der Waals surface area contributed by atoms with Gasteiger partial charge in [-0.1, -0.05) is 6.07 Å². The predicted molar refractivity (Wildman–Crippen MR) is 43.3 cm³/mol. The van der Waals surface area contributed by atoms with Gasteiger partial charge in [-0.2, -0.15) is 4.39 Å². The monoisotopic (exact) mass is 173 g/mol. The molecule has 0 amide bonds. The summed E-state index contributed by atoms with van der Waals surface area (Å²) in [5.41, 5.74) is 0.345. The van der Waals surface area contributed by atoms with Gasteiger partial charge < -0.3 is 4.57 Å². The van der Waals surface area contributed by atoms with Crippen LogP contribution in [0.4, 0.5) is 4.39 Å². The van der Waals surface area contributed by atoms with Crippen LogP contribution in [-0.2, 0) is 4.57 Å². The maximum atomic E-state index is 12.5. The van der Waals surface area contributed by atoms with E-state index in [4.69, 9.17) is 0 Å². The van der Waals surface area contributed by atoms with Crippen LogP contribution in [-0.4, -0.2) is 18.3 Å². The molecule has 0 saturated carbocycles. The Kier molecular flexibility index (Phi) is 2.10. The van der Waals surface area contributed by atoms with E-state index in [1.807, 2.05) is 0 Å². The summed E-state index contributed by atoms with van der Waals surface area (Å²) < 4.78 is 23.8. The molecule has 0 N–H and O–H groups in total. The van der Waals surface area contributed by atoms with Gasteiger partial charge in [0.05, 0.1) is 0 Å². The second kappa shape index (κ2) is 2.74. The van der Waals surface area contributed by atoms with Crippen molar-refractivity contribution in [2.45, 2.75) is 0 Å². The highest BCUT2D eigenvalue weighted by Gasteiger charge is 2.12. The highest BCUT2D eigenvalue weighted by atomic mass is 31.2. The van der Waals surface area contributed by atoms with E-state index in [9.17, 15) is 8.96 Å². The minimum Gasteiger partial charge on any atom is -0.318 e. The topological polar surface area (TPSA) is 30.0 Å². The molecule has 2 nitrogen and oxygen atoms in total. The van der Waals surface area contributed by atoms with Gasteiger partial charge in [0.1, 0.15) is 12.6 Å². The number of pyridine rings is 1. The molecule has 0 unspecified atom stereocenters. The molecule has 0 radical (unpaired) electrons. The first-order valence-electron chi connectivity index (χ1n) is 3.18. The zero-order chi connectivity index (χ0) is 8.48. The third-order valence-corrected chi connectivity index (χ3v) is 2.60. The van der Waals surface area contributed by atoms with E-state index < -0.39 is 13.1 Å². The van der Waals surface area contributed by atoms with E-state index in [-0.39, 0.29) is 0 Å². The fraction of sp³-hybridized carbons (Fsp3) is 0.286. The zero-order valence-corrected chi connectivity index (χ0v) is 7.31. The predicted octanol–water partition coefficient (Wildman–Crippen LogP) is 1.47. The van der Waals surface area contributed by atoms with Crippen LogP contribution < -0.4 is 5.44 Å². The third-order valence-electron chi connectivity index (χ3n) is 1.25. The van der Waals surface area contributed by atoms with Crippen LogP contribution in [0.15, 0.2) is 18.2 Å². The van der Waals surface area contributed by atoms with Gasteiger partial charge >= 0.3 is 0 Å². The molecule has 11 heavy (non-hydrogen) atoms. The van der Waals surface area contributed by atoms with E-state index in [0.717, 1.165) is 0 Å². The molecule has 0 aliphatic heterocycles. The van der Waals surface area contributed by atoms with Crippen LogP contribution in [0.3, 0.4) is 0 Å².